The molecule has 1 unspecified atom stereocenters. The van der Waals surface area contributed by atoms with Gasteiger partial charge in [0.15, 0.2) is 5.76 Å². The summed E-state index contributed by atoms with van der Waals surface area (Å²) in [6, 6.07) is 13.3. The molecule has 7 heteroatoms. The minimum absolute atomic E-state index is 0.0121. The fourth-order valence-electron chi connectivity index (χ4n) is 4.00. The molecule has 1 atom stereocenters. The standard InChI is InChI=1S/C26H23F2NO4/c1-15(2)29-14-22(24(31)26(29)32)23(30)25-18(11-16-3-7-19(27)8-4-16)13-21(33-25)12-17-5-9-20(28)10-6-17/h3-10,13,15,22H,11-12,14H2,1-2H3. The summed E-state index contributed by atoms with van der Waals surface area (Å²) in [7, 11) is 0. The largest absolute Gasteiger partial charge is 0.457 e. The first-order chi connectivity index (χ1) is 15.7. The van der Waals surface area contributed by atoms with Gasteiger partial charge in [0.1, 0.15) is 23.3 Å². The third kappa shape index (κ3) is 4.77. The molecule has 170 valence electrons. The lowest BCUT2D eigenvalue weighted by molar-refractivity contribution is -0.141. The second-order valence-electron chi connectivity index (χ2n) is 8.51. The molecule has 5 nitrogen and oxygen atoms in total. The second-order valence-corrected chi connectivity index (χ2v) is 8.51. The molecule has 0 spiro atoms. The van der Waals surface area contributed by atoms with E-state index >= 15 is 0 Å². The Bertz CT molecular complexity index is 1200. The number of benzene rings is 2. The van der Waals surface area contributed by atoms with Crippen molar-refractivity contribution < 1.29 is 27.6 Å². The average molecular weight is 451 g/mol. The van der Waals surface area contributed by atoms with Crippen LogP contribution in [0.1, 0.15) is 46.9 Å². The number of furan rings is 1. The molecule has 3 aromatic rings. The first-order valence-corrected chi connectivity index (χ1v) is 10.7. The number of hydrogen-bond donors (Lipinski definition) is 0. The molecule has 1 aromatic heterocycles. The number of carbonyl (C=O) groups excluding carboxylic acids is 3. The van der Waals surface area contributed by atoms with E-state index in [0.717, 1.165) is 11.1 Å². The van der Waals surface area contributed by atoms with Gasteiger partial charge < -0.3 is 9.32 Å². The van der Waals surface area contributed by atoms with Crippen molar-refractivity contribution in [2.75, 3.05) is 6.54 Å². The molecule has 33 heavy (non-hydrogen) atoms. The number of carbonyl (C=O) groups is 3. The first kappa shape index (κ1) is 22.6. The van der Waals surface area contributed by atoms with E-state index in [-0.39, 0.29) is 36.4 Å². The Labute approximate surface area is 190 Å². The second kappa shape index (κ2) is 9.10. The summed E-state index contributed by atoms with van der Waals surface area (Å²) < 4.78 is 32.5. The van der Waals surface area contributed by atoms with Gasteiger partial charge in [-0.15, -0.1) is 0 Å². The van der Waals surface area contributed by atoms with Gasteiger partial charge >= 0.3 is 0 Å². The Morgan fingerprint density at radius 2 is 1.52 bits per heavy atom. The maximum atomic E-state index is 13.3. The quantitative estimate of drug-likeness (QED) is 0.304. The van der Waals surface area contributed by atoms with Crippen LogP contribution in [0.3, 0.4) is 0 Å². The summed E-state index contributed by atoms with van der Waals surface area (Å²) >= 11 is 0. The van der Waals surface area contributed by atoms with Crippen LogP contribution in [0.25, 0.3) is 0 Å². The molecule has 1 saturated heterocycles. The van der Waals surface area contributed by atoms with Gasteiger partial charge in [0.05, 0.1) is 0 Å². The van der Waals surface area contributed by atoms with Gasteiger partial charge in [0.2, 0.25) is 11.6 Å². The Morgan fingerprint density at radius 1 is 0.970 bits per heavy atom. The molecule has 2 aromatic carbocycles. The van der Waals surface area contributed by atoms with E-state index in [1.807, 2.05) is 0 Å². The van der Waals surface area contributed by atoms with E-state index in [1.54, 1.807) is 44.2 Å². The zero-order valence-electron chi connectivity index (χ0n) is 18.3. The van der Waals surface area contributed by atoms with E-state index in [2.05, 4.69) is 0 Å². The van der Waals surface area contributed by atoms with E-state index < -0.39 is 23.4 Å². The fourth-order valence-corrected chi connectivity index (χ4v) is 4.00. The molecule has 0 radical (unpaired) electrons. The van der Waals surface area contributed by atoms with Crippen molar-refractivity contribution in [3.05, 3.63) is 94.4 Å². The van der Waals surface area contributed by atoms with Crippen molar-refractivity contribution in [3.63, 3.8) is 0 Å². The zero-order valence-corrected chi connectivity index (χ0v) is 18.3. The molecule has 4 rings (SSSR count). The number of nitrogens with zero attached hydrogens (tertiary/aromatic N) is 1. The van der Waals surface area contributed by atoms with E-state index in [4.69, 9.17) is 4.42 Å². The highest BCUT2D eigenvalue weighted by Crippen LogP contribution is 2.28. The molecule has 0 bridgehead atoms. The van der Waals surface area contributed by atoms with Crippen LogP contribution in [0.4, 0.5) is 8.78 Å². The highest BCUT2D eigenvalue weighted by molar-refractivity contribution is 6.43. The summed E-state index contributed by atoms with van der Waals surface area (Å²) in [6.45, 7) is 3.58. The highest BCUT2D eigenvalue weighted by atomic mass is 19.1. The Morgan fingerprint density at radius 3 is 2.03 bits per heavy atom. The predicted molar refractivity (Wildman–Crippen MR) is 117 cm³/mol. The van der Waals surface area contributed by atoms with Crippen LogP contribution < -0.4 is 0 Å². The molecule has 1 fully saturated rings. The normalized spacial score (nSPS) is 16.2. The van der Waals surface area contributed by atoms with Crippen LogP contribution in [0, 0.1) is 17.6 Å². The molecular formula is C26H23F2NO4. The van der Waals surface area contributed by atoms with Gasteiger partial charge in [0.25, 0.3) is 5.91 Å². The van der Waals surface area contributed by atoms with Crippen LogP contribution in [-0.2, 0) is 22.4 Å². The first-order valence-electron chi connectivity index (χ1n) is 10.7. The third-order valence-corrected chi connectivity index (χ3v) is 5.79. The van der Waals surface area contributed by atoms with Crippen molar-refractivity contribution in [1.29, 1.82) is 0 Å². The molecule has 1 amide bonds. The van der Waals surface area contributed by atoms with Crippen molar-refractivity contribution in [1.82, 2.24) is 4.90 Å². The van der Waals surface area contributed by atoms with Gasteiger partial charge in [-0.3, -0.25) is 14.4 Å². The van der Waals surface area contributed by atoms with Gasteiger partial charge in [-0.2, -0.15) is 0 Å². The van der Waals surface area contributed by atoms with Gasteiger partial charge in [-0.05, 0) is 55.3 Å². The predicted octanol–water partition coefficient (Wildman–Crippen LogP) is 4.36. The number of rotatable bonds is 7. The van der Waals surface area contributed by atoms with Crippen LogP contribution >= 0.6 is 0 Å². The Balaban J connectivity index is 1.67. The zero-order chi connectivity index (χ0) is 23.7. The molecule has 0 aliphatic carbocycles. The van der Waals surface area contributed by atoms with E-state index in [1.165, 1.54) is 29.2 Å². The average Bonchev–Trinajstić information content (AvgIpc) is 3.31. The SMILES string of the molecule is CC(C)N1CC(C(=O)c2oc(Cc3ccc(F)cc3)cc2Cc2ccc(F)cc2)C(=O)C1=O. The van der Waals surface area contributed by atoms with Crippen molar-refractivity contribution in [2.24, 2.45) is 5.92 Å². The number of hydrogen-bond acceptors (Lipinski definition) is 4. The van der Waals surface area contributed by atoms with E-state index in [9.17, 15) is 23.2 Å². The minimum atomic E-state index is -1.13. The van der Waals surface area contributed by atoms with Gasteiger partial charge in [0, 0.05) is 31.0 Å². The van der Waals surface area contributed by atoms with Crippen LogP contribution in [-0.4, -0.2) is 35.0 Å². The van der Waals surface area contributed by atoms with Crippen molar-refractivity contribution >= 4 is 17.5 Å². The lowest BCUT2D eigenvalue weighted by atomic mass is 9.95. The summed E-state index contributed by atoms with van der Waals surface area (Å²) in [5.74, 6) is -3.31. The number of likely N-dealkylation sites (tertiary alicyclic amines) is 1. The summed E-state index contributed by atoms with van der Waals surface area (Å²) in [4.78, 5) is 39.6. The third-order valence-electron chi connectivity index (χ3n) is 5.79. The fraction of sp³-hybridized carbons (Fsp3) is 0.269. The highest BCUT2D eigenvalue weighted by Gasteiger charge is 2.45. The Hall–Kier alpha value is -3.61. The van der Waals surface area contributed by atoms with Gasteiger partial charge in [-0.25, -0.2) is 8.78 Å². The molecule has 1 aliphatic rings. The number of amides is 1. The van der Waals surface area contributed by atoms with E-state index in [0.29, 0.717) is 17.7 Å². The number of Topliss-reactive ketones (excluding diaryl/α,β-unsaturated/α-hetero) is 2. The number of ketones is 2. The topological polar surface area (TPSA) is 67.6 Å². The molecule has 2 heterocycles. The monoisotopic (exact) mass is 451 g/mol. The molecule has 0 N–H and O–H groups in total. The summed E-state index contributed by atoms with van der Waals surface area (Å²) in [5, 5.41) is 0. The van der Waals surface area contributed by atoms with Crippen molar-refractivity contribution in [3.8, 4) is 0 Å². The van der Waals surface area contributed by atoms with Crippen LogP contribution in [0.15, 0.2) is 59.0 Å². The lowest BCUT2D eigenvalue weighted by Gasteiger charge is -2.19. The van der Waals surface area contributed by atoms with Crippen LogP contribution in [0.2, 0.25) is 0 Å². The van der Waals surface area contributed by atoms with Crippen molar-refractivity contribution in [2.45, 2.75) is 32.7 Å². The molecule has 1 aliphatic heterocycles. The summed E-state index contributed by atoms with van der Waals surface area (Å²) in [5.41, 5.74) is 2.10. The number of halogens is 2. The Kier molecular flexibility index (Phi) is 6.22. The maximum absolute atomic E-state index is 13.3. The maximum Gasteiger partial charge on any atom is 0.291 e. The smallest absolute Gasteiger partial charge is 0.291 e. The van der Waals surface area contributed by atoms with Gasteiger partial charge in [-0.1, -0.05) is 24.3 Å². The summed E-state index contributed by atoms with van der Waals surface area (Å²) in [6.07, 6.45) is 0.608. The lowest BCUT2D eigenvalue weighted by Crippen LogP contribution is -2.33. The minimum Gasteiger partial charge on any atom is -0.457 e. The molecular weight excluding hydrogens is 428 g/mol. The van der Waals surface area contributed by atoms with Crippen LogP contribution in [0.5, 0.6) is 0 Å². The molecule has 0 saturated carbocycles.